The summed E-state index contributed by atoms with van der Waals surface area (Å²) in [7, 11) is 3.80. The van der Waals surface area contributed by atoms with Gasteiger partial charge in [0.25, 0.3) is 0 Å². The molecular weight excluding hydrogens is 296 g/mol. The number of allylic oxidation sites excluding steroid dienone is 2. The van der Waals surface area contributed by atoms with Crippen LogP contribution in [0.2, 0.25) is 0 Å². The number of benzene rings is 2. The number of nitrogens with zero attached hydrogens (tertiary/aromatic N) is 2. The molecule has 0 N–H and O–H groups in total. The Labute approximate surface area is 144 Å². The minimum Gasteiger partial charge on any atom is -0.497 e. The number of hydrogen-bond donors (Lipinski definition) is 0. The van der Waals surface area contributed by atoms with Gasteiger partial charge in [-0.25, -0.2) is 0 Å². The molecule has 0 bridgehead atoms. The van der Waals surface area contributed by atoms with E-state index in [1.54, 1.807) is 7.11 Å². The maximum atomic E-state index is 5.17. The molecule has 0 unspecified atom stereocenters. The first kappa shape index (κ1) is 16.3. The molecule has 1 aliphatic heterocycles. The molecule has 0 saturated heterocycles. The molecule has 1 heterocycles. The fourth-order valence-electron chi connectivity index (χ4n) is 3.47. The van der Waals surface area contributed by atoms with Gasteiger partial charge in [-0.05, 0) is 48.4 Å². The molecule has 3 rings (SSSR count). The van der Waals surface area contributed by atoms with Crippen LogP contribution in [0.4, 0.5) is 11.4 Å². The third kappa shape index (κ3) is 2.71. The zero-order valence-electron chi connectivity index (χ0n) is 15.0. The SMILES string of the molecule is COc1ccc(/N=C/C=C2\N(C)c3c(C)cccc3C2(C)C)cc1. The van der Waals surface area contributed by atoms with Crippen LogP contribution < -0.4 is 9.64 Å². The van der Waals surface area contributed by atoms with E-state index < -0.39 is 0 Å². The summed E-state index contributed by atoms with van der Waals surface area (Å²) in [6.45, 7) is 6.70. The van der Waals surface area contributed by atoms with Gasteiger partial charge in [-0.3, -0.25) is 4.99 Å². The summed E-state index contributed by atoms with van der Waals surface area (Å²) in [6, 6.07) is 14.3. The van der Waals surface area contributed by atoms with Crippen LogP contribution in [0.15, 0.2) is 59.2 Å². The van der Waals surface area contributed by atoms with Gasteiger partial charge < -0.3 is 9.64 Å². The highest BCUT2D eigenvalue weighted by Gasteiger charge is 2.38. The first-order chi connectivity index (χ1) is 11.4. The van der Waals surface area contributed by atoms with E-state index >= 15 is 0 Å². The Hall–Kier alpha value is -2.55. The van der Waals surface area contributed by atoms with Crippen LogP contribution in [0.3, 0.4) is 0 Å². The Morgan fingerprint density at radius 3 is 2.42 bits per heavy atom. The maximum absolute atomic E-state index is 5.17. The van der Waals surface area contributed by atoms with E-state index in [2.05, 4.69) is 62.0 Å². The maximum Gasteiger partial charge on any atom is 0.119 e. The minimum atomic E-state index is -0.0258. The van der Waals surface area contributed by atoms with Crippen molar-refractivity contribution in [1.82, 2.24) is 0 Å². The predicted octanol–water partition coefficient (Wildman–Crippen LogP) is 5.02. The molecular formula is C21H24N2O. The van der Waals surface area contributed by atoms with E-state index in [1.807, 2.05) is 30.5 Å². The van der Waals surface area contributed by atoms with Crippen molar-refractivity contribution in [2.75, 3.05) is 19.1 Å². The van der Waals surface area contributed by atoms with Gasteiger partial charge in [-0.2, -0.15) is 0 Å². The Kier molecular flexibility index (Phi) is 4.18. The number of aryl methyl sites for hydroxylation is 1. The molecule has 0 fully saturated rings. The fourth-order valence-corrected chi connectivity index (χ4v) is 3.47. The lowest BCUT2D eigenvalue weighted by atomic mass is 9.83. The number of aliphatic imine (C=N–C) groups is 1. The van der Waals surface area contributed by atoms with Crippen molar-refractivity contribution in [3.05, 3.63) is 65.4 Å². The Morgan fingerprint density at radius 1 is 1.08 bits per heavy atom. The number of fused-ring (bicyclic) bond motifs is 1. The quantitative estimate of drug-likeness (QED) is 0.742. The highest BCUT2D eigenvalue weighted by Crippen LogP contribution is 2.47. The summed E-state index contributed by atoms with van der Waals surface area (Å²) < 4.78 is 5.17. The van der Waals surface area contributed by atoms with Gasteiger partial charge in [0, 0.05) is 30.1 Å². The van der Waals surface area contributed by atoms with Crippen molar-refractivity contribution in [1.29, 1.82) is 0 Å². The van der Waals surface area contributed by atoms with E-state index in [0.717, 1.165) is 11.4 Å². The zero-order valence-corrected chi connectivity index (χ0v) is 15.0. The lowest BCUT2D eigenvalue weighted by Gasteiger charge is -2.23. The molecule has 24 heavy (non-hydrogen) atoms. The molecule has 0 aliphatic carbocycles. The van der Waals surface area contributed by atoms with Crippen LogP contribution >= 0.6 is 0 Å². The highest BCUT2D eigenvalue weighted by molar-refractivity contribution is 5.81. The van der Waals surface area contributed by atoms with Crippen LogP contribution in [0.1, 0.15) is 25.0 Å². The fraction of sp³-hybridized carbons (Fsp3) is 0.286. The van der Waals surface area contributed by atoms with Crippen LogP contribution in [-0.4, -0.2) is 20.4 Å². The van der Waals surface area contributed by atoms with Gasteiger partial charge in [-0.1, -0.05) is 32.0 Å². The smallest absolute Gasteiger partial charge is 0.119 e. The van der Waals surface area contributed by atoms with Crippen molar-refractivity contribution in [2.24, 2.45) is 4.99 Å². The summed E-state index contributed by atoms with van der Waals surface area (Å²) in [5.41, 5.74) is 6.13. The van der Waals surface area contributed by atoms with Crippen molar-refractivity contribution in [3.8, 4) is 5.75 Å². The number of anilines is 1. The Bertz CT molecular complexity index is 801. The molecule has 0 aromatic heterocycles. The summed E-state index contributed by atoms with van der Waals surface area (Å²) in [5.74, 6) is 0.842. The van der Waals surface area contributed by atoms with Crippen molar-refractivity contribution >= 4 is 17.6 Å². The Morgan fingerprint density at radius 2 is 1.79 bits per heavy atom. The molecule has 2 aromatic carbocycles. The number of hydrogen-bond acceptors (Lipinski definition) is 3. The van der Waals surface area contributed by atoms with E-state index in [-0.39, 0.29) is 5.41 Å². The summed E-state index contributed by atoms with van der Waals surface area (Å²) in [4.78, 5) is 6.83. The molecule has 3 nitrogen and oxygen atoms in total. The van der Waals surface area contributed by atoms with Crippen LogP contribution in [0, 0.1) is 6.92 Å². The van der Waals surface area contributed by atoms with Gasteiger partial charge in [-0.15, -0.1) is 0 Å². The third-order valence-electron chi connectivity index (χ3n) is 4.78. The largest absolute Gasteiger partial charge is 0.497 e. The number of rotatable bonds is 3. The second-order valence-electron chi connectivity index (χ2n) is 6.68. The van der Waals surface area contributed by atoms with Gasteiger partial charge in [0.05, 0.1) is 12.8 Å². The van der Waals surface area contributed by atoms with Crippen molar-refractivity contribution in [2.45, 2.75) is 26.2 Å². The molecule has 124 valence electrons. The average Bonchev–Trinajstić information content (AvgIpc) is 2.77. The van der Waals surface area contributed by atoms with E-state index in [0.29, 0.717) is 0 Å². The molecule has 2 aromatic rings. The standard InChI is InChI=1S/C21H24N2O/c1-15-7-6-8-18-20(15)23(4)19(21(18,2)3)13-14-22-16-9-11-17(24-5)12-10-16/h6-14H,1-5H3/b19-13-,22-14+. The number of ether oxygens (including phenoxy) is 1. The normalized spacial score (nSPS) is 17.5. The monoisotopic (exact) mass is 320 g/mol. The van der Waals surface area contributed by atoms with Crippen LogP contribution in [0.5, 0.6) is 5.75 Å². The number of methoxy groups -OCH3 is 1. The average molecular weight is 320 g/mol. The van der Waals surface area contributed by atoms with E-state index in [9.17, 15) is 0 Å². The molecule has 0 amide bonds. The third-order valence-corrected chi connectivity index (χ3v) is 4.78. The first-order valence-electron chi connectivity index (χ1n) is 8.18. The molecule has 0 spiro atoms. The van der Waals surface area contributed by atoms with Crippen LogP contribution in [-0.2, 0) is 5.41 Å². The van der Waals surface area contributed by atoms with Gasteiger partial charge >= 0.3 is 0 Å². The highest BCUT2D eigenvalue weighted by atomic mass is 16.5. The van der Waals surface area contributed by atoms with Crippen LogP contribution in [0.25, 0.3) is 0 Å². The topological polar surface area (TPSA) is 24.8 Å². The van der Waals surface area contributed by atoms with Crippen molar-refractivity contribution < 1.29 is 4.74 Å². The summed E-state index contributed by atoms with van der Waals surface area (Å²) >= 11 is 0. The second-order valence-corrected chi connectivity index (χ2v) is 6.68. The zero-order chi connectivity index (χ0) is 17.3. The van der Waals surface area contributed by atoms with E-state index in [4.69, 9.17) is 4.74 Å². The number of para-hydroxylation sites is 1. The molecule has 0 atom stereocenters. The summed E-state index contributed by atoms with van der Waals surface area (Å²) in [6.07, 6.45) is 4.00. The Balaban J connectivity index is 1.90. The van der Waals surface area contributed by atoms with Gasteiger partial charge in [0.1, 0.15) is 5.75 Å². The lowest BCUT2D eigenvalue weighted by Crippen LogP contribution is -2.23. The van der Waals surface area contributed by atoms with Gasteiger partial charge in [0.2, 0.25) is 0 Å². The number of likely N-dealkylation sites (N-methyl/N-ethyl adjacent to an activating group) is 1. The second kappa shape index (κ2) is 6.16. The van der Waals surface area contributed by atoms with Crippen molar-refractivity contribution in [3.63, 3.8) is 0 Å². The molecule has 1 aliphatic rings. The predicted molar refractivity (Wildman–Crippen MR) is 102 cm³/mol. The van der Waals surface area contributed by atoms with Gasteiger partial charge in [0.15, 0.2) is 0 Å². The van der Waals surface area contributed by atoms with E-state index in [1.165, 1.54) is 22.5 Å². The molecule has 0 saturated carbocycles. The minimum absolute atomic E-state index is 0.0258. The molecule has 0 radical (unpaired) electrons. The molecule has 3 heteroatoms. The first-order valence-corrected chi connectivity index (χ1v) is 8.18. The summed E-state index contributed by atoms with van der Waals surface area (Å²) in [5, 5.41) is 0. The lowest BCUT2D eigenvalue weighted by molar-refractivity contribution is 0.415.